The second-order valence-electron chi connectivity index (χ2n) is 3.22. The molecule has 0 atom stereocenters. The molecule has 1 aromatic rings. The van der Waals surface area contributed by atoms with E-state index in [1.54, 1.807) is 29.9 Å². The van der Waals surface area contributed by atoms with Crippen molar-refractivity contribution in [2.24, 2.45) is 10.7 Å². The molecule has 0 saturated carbocycles. The van der Waals surface area contributed by atoms with Crippen LogP contribution in [0.5, 0.6) is 0 Å². The number of guanidine groups is 1. The van der Waals surface area contributed by atoms with Gasteiger partial charge in [0.1, 0.15) is 0 Å². The van der Waals surface area contributed by atoms with Crippen molar-refractivity contribution in [3.8, 4) is 6.19 Å². The average Bonchev–Trinajstić information content (AvgIpc) is 2.70. The Hall–Kier alpha value is -1.46. The SMILES string of the molecule is CN(CCSCc1csc(N)n1)C(N)=NC#N. The largest absolute Gasteiger partial charge is 0.375 e. The average molecular weight is 270 g/mol. The van der Waals surface area contributed by atoms with Crippen LogP contribution in [0.4, 0.5) is 5.13 Å². The Morgan fingerprint density at radius 3 is 3.12 bits per heavy atom. The first-order chi connectivity index (χ1) is 8.13. The maximum Gasteiger partial charge on any atom is 0.209 e. The van der Waals surface area contributed by atoms with Gasteiger partial charge in [0.2, 0.25) is 12.2 Å². The molecular formula is C9H14N6S2. The normalized spacial score (nSPS) is 11.2. The van der Waals surface area contributed by atoms with Crippen molar-refractivity contribution in [3.63, 3.8) is 0 Å². The first-order valence-corrected chi connectivity index (χ1v) is 6.88. The van der Waals surface area contributed by atoms with E-state index < -0.39 is 0 Å². The summed E-state index contributed by atoms with van der Waals surface area (Å²) in [5, 5.41) is 10.9. The molecule has 0 saturated heterocycles. The van der Waals surface area contributed by atoms with Crippen molar-refractivity contribution in [1.29, 1.82) is 5.26 Å². The molecule has 8 heteroatoms. The van der Waals surface area contributed by atoms with Crippen molar-refractivity contribution in [2.45, 2.75) is 5.75 Å². The second kappa shape index (κ2) is 6.98. The highest BCUT2D eigenvalue weighted by molar-refractivity contribution is 7.98. The van der Waals surface area contributed by atoms with Gasteiger partial charge in [-0.15, -0.1) is 16.3 Å². The lowest BCUT2D eigenvalue weighted by Gasteiger charge is -2.15. The Morgan fingerprint density at radius 2 is 2.53 bits per heavy atom. The summed E-state index contributed by atoms with van der Waals surface area (Å²) in [7, 11) is 1.80. The Labute approximate surface area is 108 Å². The third-order valence-electron chi connectivity index (χ3n) is 1.95. The zero-order valence-electron chi connectivity index (χ0n) is 9.46. The fourth-order valence-corrected chi connectivity index (χ4v) is 2.59. The molecule has 0 aromatic carbocycles. The number of aromatic nitrogens is 1. The minimum atomic E-state index is 0.242. The molecule has 92 valence electrons. The van der Waals surface area contributed by atoms with Crippen LogP contribution in [0.1, 0.15) is 5.69 Å². The third-order valence-corrected chi connectivity index (χ3v) is 3.64. The van der Waals surface area contributed by atoms with E-state index in [1.165, 1.54) is 11.3 Å². The zero-order valence-corrected chi connectivity index (χ0v) is 11.1. The molecule has 1 aromatic heterocycles. The van der Waals surface area contributed by atoms with Gasteiger partial charge in [-0.2, -0.15) is 17.0 Å². The highest BCUT2D eigenvalue weighted by Gasteiger charge is 2.02. The Balaban J connectivity index is 2.20. The number of nitrogens with zero attached hydrogens (tertiary/aromatic N) is 4. The zero-order chi connectivity index (χ0) is 12.7. The number of anilines is 1. The van der Waals surface area contributed by atoms with E-state index in [4.69, 9.17) is 16.7 Å². The molecule has 0 aliphatic carbocycles. The van der Waals surface area contributed by atoms with Crippen LogP contribution in [0.25, 0.3) is 0 Å². The number of nitriles is 1. The summed E-state index contributed by atoms with van der Waals surface area (Å²) in [5.41, 5.74) is 12.1. The molecule has 1 rings (SSSR count). The van der Waals surface area contributed by atoms with Crippen LogP contribution in [-0.2, 0) is 5.75 Å². The number of nitrogen functional groups attached to an aromatic ring is 1. The number of hydrogen-bond acceptors (Lipinski definition) is 6. The van der Waals surface area contributed by atoms with Crippen LogP contribution in [-0.4, -0.2) is 35.2 Å². The van der Waals surface area contributed by atoms with Gasteiger partial charge in [-0.05, 0) is 0 Å². The van der Waals surface area contributed by atoms with E-state index in [0.717, 1.165) is 23.7 Å². The number of rotatable bonds is 5. The number of nitrogens with two attached hydrogens (primary N) is 2. The van der Waals surface area contributed by atoms with E-state index in [9.17, 15) is 0 Å². The summed E-state index contributed by atoms with van der Waals surface area (Å²) in [5.74, 6) is 1.96. The van der Waals surface area contributed by atoms with Gasteiger partial charge in [0.15, 0.2) is 5.13 Å². The van der Waals surface area contributed by atoms with E-state index in [2.05, 4.69) is 9.98 Å². The lowest BCUT2D eigenvalue weighted by Crippen LogP contribution is -2.35. The van der Waals surface area contributed by atoms with E-state index in [1.807, 2.05) is 5.38 Å². The number of hydrogen-bond donors (Lipinski definition) is 2. The lowest BCUT2D eigenvalue weighted by atomic mass is 10.6. The van der Waals surface area contributed by atoms with Crippen molar-refractivity contribution >= 4 is 34.2 Å². The van der Waals surface area contributed by atoms with Crippen LogP contribution in [0.3, 0.4) is 0 Å². The van der Waals surface area contributed by atoms with E-state index in [-0.39, 0.29) is 5.96 Å². The molecular weight excluding hydrogens is 256 g/mol. The maximum atomic E-state index is 8.34. The van der Waals surface area contributed by atoms with Crippen molar-refractivity contribution in [3.05, 3.63) is 11.1 Å². The van der Waals surface area contributed by atoms with Gasteiger partial charge in [0.25, 0.3) is 0 Å². The standard InChI is InChI=1S/C9H14N6S2/c1-15(8(11)13-6-10)2-3-16-4-7-5-17-9(12)14-7/h5H,2-4H2,1H3,(H2,11,13)(H2,12,14). The first kappa shape index (κ1) is 13.6. The summed E-state index contributed by atoms with van der Waals surface area (Å²) in [4.78, 5) is 9.36. The number of thiazole rings is 1. The summed E-state index contributed by atoms with van der Waals surface area (Å²) in [6.45, 7) is 0.737. The van der Waals surface area contributed by atoms with Crippen LogP contribution in [0.2, 0.25) is 0 Å². The predicted octanol–water partition coefficient (Wildman–Crippen LogP) is 0.686. The van der Waals surface area contributed by atoms with Crippen LogP contribution < -0.4 is 11.5 Å². The maximum absolute atomic E-state index is 8.34. The van der Waals surface area contributed by atoms with Gasteiger partial charge in [-0.3, -0.25) is 0 Å². The first-order valence-electron chi connectivity index (χ1n) is 4.84. The molecule has 0 amide bonds. The minimum absolute atomic E-state index is 0.242. The van der Waals surface area contributed by atoms with Crippen molar-refractivity contribution in [1.82, 2.24) is 9.88 Å². The molecule has 0 fully saturated rings. The van der Waals surface area contributed by atoms with E-state index >= 15 is 0 Å². The summed E-state index contributed by atoms with van der Waals surface area (Å²) in [6.07, 6.45) is 1.66. The van der Waals surface area contributed by atoms with Gasteiger partial charge >= 0.3 is 0 Å². The van der Waals surface area contributed by atoms with Gasteiger partial charge in [0, 0.05) is 30.5 Å². The highest BCUT2D eigenvalue weighted by Crippen LogP contribution is 2.16. The molecule has 1 heterocycles. The summed E-state index contributed by atoms with van der Waals surface area (Å²) >= 11 is 3.18. The Bertz CT molecular complexity index is 421. The molecule has 0 aliphatic heterocycles. The van der Waals surface area contributed by atoms with Crippen molar-refractivity contribution in [2.75, 3.05) is 25.1 Å². The molecule has 0 unspecified atom stereocenters. The highest BCUT2D eigenvalue weighted by atomic mass is 32.2. The molecule has 0 radical (unpaired) electrons. The fourth-order valence-electron chi connectivity index (χ4n) is 1.02. The predicted molar refractivity (Wildman–Crippen MR) is 72.6 cm³/mol. The third kappa shape index (κ3) is 4.93. The Kier molecular flexibility index (Phi) is 5.59. The fraction of sp³-hybridized carbons (Fsp3) is 0.444. The Morgan fingerprint density at radius 1 is 1.76 bits per heavy atom. The van der Waals surface area contributed by atoms with Crippen LogP contribution >= 0.6 is 23.1 Å². The lowest BCUT2D eigenvalue weighted by molar-refractivity contribution is 0.534. The smallest absolute Gasteiger partial charge is 0.209 e. The van der Waals surface area contributed by atoms with Gasteiger partial charge < -0.3 is 16.4 Å². The van der Waals surface area contributed by atoms with Crippen LogP contribution in [0, 0.1) is 11.5 Å². The van der Waals surface area contributed by atoms with Gasteiger partial charge in [-0.25, -0.2) is 4.98 Å². The molecule has 0 aliphatic rings. The molecule has 0 bridgehead atoms. The summed E-state index contributed by atoms with van der Waals surface area (Å²) in [6, 6.07) is 0. The number of thioether (sulfide) groups is 1. The quantitative estimate of drug-likeness (QED) is 0.353. The van der Waals surface area contributed by atoms with Gasteiger partial charge in [-0.1, -0.05) is 0 Å². The molecule has 4 N–H and O–H groups in total. The van der Waals surface area contributed by atoms with Gasteiger partial charge in [0.05, 0.1) is 5.69 Å². The minimum Gasteiger partial charge on any atom is -0.375 e. The van der Waals surface area contributed by atoms with E-state index in [0.29, 0.717) is 5.13 Å². The summed E-state index contributed by atoms with van der Waals surface area (Å²) < 4.78 is 0. The molecule has 17 heavy (non-hydrogen) atoms. The molecule has 6 nitrogen and oxygen atoms in total. The van der Waals surface area contributed by atoms with Crippen LogP contribution in [0.15, 0.2) is 10.4 Å². The second-order valence-corrected chi connectivity index (χ2v) is 5.22. The molecule has 0 spiro atoms. The number of aliphatic imine (C=N–C) groups is 1. The van der Waals surface area contributed by atoms with Crippen molar-refractivity contribution < 1.29 is 0 Å². The monoisotopic (exact) mass is 270 g/mol. The topological polar surface area (TPSA) is 104 Å².